The average Bonchev–Trinajstić information content (AvgIpc) is 2.63. The van der Waals surface area contributed by atoms with Gasteiger partial charge in [-0.2, -0.15) is 0 Å². The van der Waals surface area contributed by atoms with Crippen LogP contribution in [0.2, 0.25) is 5.02 Å². The summed E-state index contributed by atoms with van der Waals surface area (Å²) in [4.78, 5) is 20.2. The zero-order chi connectivity index (χ0) is 18.1. The largest absolute Gasteiger partial charge is 0.425 e. The van der Waals surface area contributed by atoms with Gasteiger partial charge in [-0.05, 0) is 42.5 Å². The van der Waals surface area contributed by atoms with Gasteiger partial charge in [-0.3, -0.25) is 4.79 Å². The summed E-state index contributed by atoms with van der Waals surface area (Å²) in [5.41, 5.74) is 2.20. The SMILES string of the molecule is CCCCCc1ncc(CCc2ccc(OC(=O)CC)c(Cl)c2)cn1. The van der Waals surface area contributed by atoms with Gasteiger partial charge in [0, 0.05) is 25.2 Å². The molecule has 0 aliphatic heterocycles. The van der Waals surface area contributed by atoms with Crippen LogP contribution in [0, 0.1) is 0 Å². The maximum Gasteiger partial charge on any atom is 0.310 e. The number of esters is 1. The second kappa shape index (κ2) is 10.1. The highest BCUT2D eigenvalue weighted by Gasteiger charge is 2.08. The molecule has 0 radical (unpaired) electrons. The van der Waals surface area contributed by atoms with Crippen molar-refractivity contribution in [1.29, 1.82) is 0 Å². The van der Waals surface area contributed by atoms with Gasteiger partial charge in [-0.1, -0.05) is 44.4 Å². The molecule has 2 aromatic rings. The Balaban J connectivity index is 1.88. The van der Waals surface area contributed by atoms with E-state index in [0.29, 0.717) is 17.2 Å². The first-order valence-corrected chi connectivity index (χ1v) is 9.29. The molecule has 0 amide bonds. The fourth-order valence-corrected chi connectivity index (χ4v) is 2.68. The number of carbonyl (C=O) groups excluding carboxylic acids is 1. The predicted molar refractivity (Wildman–Crippen MR) is 100 cm³/mol. The van der Waals surface area contributed by atoms with Crippen molar-refractivity contribution in [2.45, 2.75) is 58.8 Å². The average molecular weight is 361 g/mol. The first-order chi connectivity index (χ1) is 12.1. The first-order valence-electron chi connectivity index (χ1n) is 8.91. The Labute approximate surface area is 154 Å². The first kappa shape index (κ1) is 19.4. The minimum atomic E-state index is -0.286. The highest BCUT2D eigenvalue weighted by molar-refractivity contribution is 6.32. The van der Waals surface area contributed by atoms with Crippen molar-refractivity contribution in [2.24, 2.45) is 0 Å². The molecule has 0 saturated heterocycles. The normalized spacial score (nSPS) is 10.7. The second-order valence-corrected chi connectivity index (χ2v) is 6.46. The third-order valence-electron chi connectivity index (χ3n) is 3.97. The van der Waals surface area contributed by atoms with Crippen LogP contribution in [0.25, 0.3) is 0 Å². The van der Waals surface area contributed by atoms with Gasteiger partial charge in [0.25, 0.3) is 0 Å². The summed E-state index contributed by atoms with van der Waals surface area (Å²) in [6.07, 6.45) is 10.3. The van der Waals surface area contributed by atoms with Crippen LogP contribution in [0.1, 0.15) is 56.5 Å². The van der Waals surface area contributed by atoms with Crippen molar-refractivity contribution in [3.63, 3.8) is 0 Å². The molecule has 2 rings (SSSR count). The molecule has 1 aromatic carbocycles. The van der Waals surface area contributed by atoms with Crippen LogP contribution in [0.3, 0.4) is 0 Å². The predicted octanol–water partition coefficient (Wildman–Crippen LogP) is 4.96. The minimum absolute atomic E-state index is 0.286. The molecule has 0 N–H and O–H groups in total. The van der Waals surface area contributed by atoms with E-state index in [2.05, 4.69) is 16.9 Å². The number of ether oxygens (including phenoxy) is 1. The molecule has 4 nitrogen and oxygen atoms in total. The maximum absolute atomic E-state index is 11.3. The third-order valence-corrected chi connectivity index (χ3v) is 4.27. The number of aryl methyl sites for hydroxylation is 3. The van der Waals surface area contributed by atoms with Gasteiger partial charge >= 0.3 is 5.97 Å². The van der Waals surface area contributed by atoms with Crippen molar-refractivity contribution >= 4 is 17.6 Å². The van der Waals surface area contributed by atoms with E-state index in [0.717, 1.165) is 42.6 Å². The molecule has 0 bridgehead atoms. The van der Waals surface area contributed by atoms with E-state index in [9.17, 15) is 4.79 Å². The molecule has 25 heavy (non-hydrogen) atoms. The number of aromatic nitrogens is 2. The Kier molecular flexibility index (Phi) is 7.86. The Morgan fingerprint density at radius 1 is 1.04 bits per heavy atom. The van der Waals surface area contributed by atoms with Crippen molar-refractivity contribution in [3.05, 3.63) is 52.6 Å². The number of halogens is 1. The van der Waals surface area contributed by atoms with Crippen LogP contribution in [-0.4, -0.2) is 15.9 Å². The van der Waals surface area contributed by atoms with Crippen molar-refractivity contribution < 1.29 is 9.53 Å². The highest BCUT2D eigenvalue weighted by Crippen LogP contribution is 2.26. The van der Waals surface area contributed by atoms with E-state index in [1.165, 1.54) is 12.8 Å². The molecule has 0 spiro atoms. The van der Waals surface area contributed by atoms with E-state index < -0.39 is 0 Å². The molecule has 5 heteroatoms. The summed E-state index contributed by atoms with van der Waals surface area (Å²) in [6.45, 7) is 3.94. The van der Waals surface area contributed by atoms with Crippen LogP contribution < -0.4 is 4.74 Å². The lowest BCUT2D eigenvalue weighted by atomic mass is 10.1. The fraction of sp³-hybridized carbons (Fsp3) is 0.450. The smallest absolute Gasteiger partial charge is 0.310 e. The summed E-state index contributed by atoms with van der Waals surface area (Å²) >= 11 is 6.19. The van der Waals surface area contributed by atoms with E-state index in [4.69, 9.17) is 16.3 Å². The zero-order valence-electron chi connectivity index (χ0n) is 14.9. The highest BCUT2D eigenvalue weighted by atomic mass is 35.5. The van der Waals surface area contributed by atoms with E-state index in [-0.39, 0.29) is 5.97 Å². The van der Waals surface area contributed by atoms with Gasteiger partial charge in [0.15, 0.2) is 0 Å². The van der Waals surface area contributed by atoms with Gasteiger partial charge in [0.2, 0.25) is 0 Å². The zero-order valence-corrected chi connectivity index (χ0v) is 15.7. The van der Waals surface area contributed by atoms with Crippen molar-refractivity contribution in [1.82, 2.24) is 9.97 Å². The topological polar surface area (TPSA) is 52.1 Å². The summed E-state index contributed by atoms with van der Waals surface area (Å²) in [7, 11) is 0. The molecule has 134 valence electrons. The number of hydrogen-bond acceptors (Lipinski definition) is 4. The number of nitrogens with zero attached hydrogens (tertiary/aromatic N) is 2. The molecular weight excluding hydrogens is 336 g/mol. The molecule has 0 aliphatic carbocycles. The molecule has 0 aliphatic rings. The van der Waals surface area contributed by atoms with Crippen LogP contribution >= 0.6 is 11.6 Å². The summed E-state index contributed by atoms with van der Waals surface area (Å²) < 4.78 is 5.17. The molecule has 0 unspecified atom stereocenters. The number of unbranched alkanes of at least 4 members (excludes halogenated alkanes) is 2. The fourth-order valence-electron chi connectivity index (χ4n) is 2.44. The summed E-state index contributed by atoms with van der Waals surface area (Å²) in [5.74, 6) is 1.05. The Hall–Kier alpha value is -1.94. The number of carbonyl (C=O) groups is 1. The monoisotopic (exact) mass is 360 g/mol. The van der Waals surface area contributed by atoms with Gasteiger partial charge in [-0.15, -0.1) is 0 Å². The van der Waals surface area contributed by atoms with Gasteiger partial charge < -0.3 is 4.74 Å². The Morgan fingerprint density at radius 2 is 1.76 bits per heavy atom. The standard InChI is InChI=1S/C20H25ClN2O2/c1-3-5-6-7-19-22-13-16(14-23-19)9-8-15-10-11-18(17(21)12-15)25-20(24)4-2/h10-14H,3-9H2,1-2H3. The van der Waals surface area contributed by atoms with Gasteiger partial charge in [0.1, 0.15) is 11.6 Å². The lowest BCUT2D eigenvalue weighted by Gasteiger charge is -2.08. The van der Waals surface area contributed by atoms with Crippen LogP contribution in [0.4, 0.5) is 0 Å². The molecule has 0 fully saturated rings. The lowest BCUT2D eigenvalue weighted by Crippen LogP contribution is -2.06. The maximum atomic E-state index is 11.3. The van der Waals surface area contributed by atoms with Crippen molar-refractivity contribution in [3.8, 4) is 5.75 Å². The van der Waals surface area contributed by atoms with E-state index in [1.54, 1.807) is 13.0 Å². The number of hydrogen-bond donors (Lipinski definition) is 0. The third kappa shape index (κ3) is 6.46. The quantitative estimate of drug-likeness (QED) is 0.360. The Bertz CT molecular complexity index is 687. The minimum Gasteiger partial charge on any atom is -0.425 e. The molecule has 0 saturated carbocycles. The molecule has 0 atom stereocenters. The summed E-state index contributed by atoms with van der Waals surface area (Å²) in [6, 6.07) is 5.53. The molecule has 1 aromatic heterocycles. The van der Waals surface area contributed by atoms with Crippen molar-refractivity contribution in [2.75, 3.05) is 0 Å². The van der Waals surface area contributed by atoms with Gasteiger partial charge in [-0.25, -0.2) is 9.97 Å². The lowest BCUT2D eigenvalue weighted by molar-refractivity contribution is -0.134. The second-order valence-electron chi connectivity index (χ2n) is 6.06. The number of benzene rings is 1. The van der Waals surface area contributed by atoms with E-state index in [1.807, 2.05) is 24.5 Å². The van der Waals surface area contributed by atoms with Crippen LogP contribution in [-0.2, 0) is 24.1 Å². The summed E-state index contributed by atoms with van der Waals surface area (Å²) in [5, 5.41) is 0.460. The Morgan fingerprint density at radius 3 is 2.40 bits per heavy atom. The van der Waals surface area contributed by atoms with E-state index >= 15 is 0 Å². The van der Waals surface area contributed by atoms with Crippen LogP contribution in [0.5, 0.6) is 5.75 Å². The van der Waals surface area contributed by atoms with Gasteiger partial charge in [0.05, 0.1) is 5.02 Å². The number of rotatable bonds is 9. The molecular formula is C20H25ClN2O2. The van der Waals surface area contributed by atoms with Crippen LogP contribution in [0.15, 0.2) is 30.6 Å². The molecule has 1 heterocycles.